The molecule has 0 rings (SSSR count). The quantitative estimate of drug-likeness (QED) is 0.0274. The number of ether oxygens (including phenoxy) is 6. The van der Waals surface area contributed by atoms with Crippen LogP contribution in [0.3, 0.4) is 0 Å². The van der Waals surface area contributed by atoms with Gasteiger partial charge in [-0.3, -0.25) is 9.59 Å². The van der Waals surface area contributed by atoms with Crippen molar-refractivity contribution < 1.29 is 43.1 Å². The second-order valence-corrected chi connectivity index (χ2v) is 17.8. The summed E-state index contributed by atoms with van der Waals surface area (Å²) in [5.41, 5.74) is 0. The van der Waals surface area contributed by atoms with E-state index in [1.807, 2.05) is 0 Å². The highest BCUT2D eigenvalue weighted by atomic mass is 16.7. The van der Waals surface area contributed by atoms with Crippen LogP contribution in [0.25, 0.3) is 0 Å². The second-order valence-electron chi connectivity index (χ2n) is 17.8. The fourth-order valence-corrected chi connectivity index (χ4v) is 7.44. The van der Waals surface area contributed by atoms with Gasteiger partial charge in [-0.1, -0.05) is 108 Å². The van der Waals surface area contributed by atoms with E-state index < -0.39 is 0 Å². The van der Waals surface area contributed by atoms with Crippen molar-refractivity contribution in [2.75, 3.05) is 65.9 Å². The van der Waals surface area contributed by atoms with E-state index in [2.05, 4.69) is 81.2 Å². The topological polar surface area (TPSA) is 113 Å². The Hall–Kier alpha value is -2.34. The molecule has 10 nitrogen and oxygen atoms in total. The van der Waals surface area contributed by atoms with Gasteiger partial charge in [-0.05, 0) is 161 Å². The van der Waals surface area contributed by atoms with Crippen molar-refractivity contribution in [2.24, 2.45) is 0 Å². The van der Waals surface area contributed by atoms with Gasteiger partial charge in [-0.25, -0.2) is 0 Å². The van der Waals surface area contributed by atoms with Crippen LogP contribution < -0.4 is 0 Å². The number of aliphatic hydroxyl groups is 1. The maximum atomic E-state index is 12.5. The van der Waals surface area contributed by atoms with Crippen LogP contribution in [0.2, 0.25) is 0 Å². The predicted octanol–water partition coefficient (Wildman–Crippen LogP) is 14.5. The van der Waals surface area contributed by atoms with E-state index in [0.29, 0.717) is 71.7 Å². The van der Waals surface area contributed by atoms with Gasteiger partial charge in [0.1, 0.15) is 0 Å². The van der Waals surface area contributed by atoms with Gasteiger partial charge in [0.2, 0.25) is 0 Å². The molecule has 0 atom stereocenters. The van der Waals surface area contributed by atoms with E-state index in [1.165, 1.54) is 0 Å². The second kappa shape index (κ2) is 54.6. The highest BCUT2D eigenvalue weighted by Gasteiger charge is 2.14. The Labute approximate surface area is 412 Å². The number of nitrogens with zero attached hydrogens (tertiary/aromatic N) is 1. The van der Waals surface area contributed by atoms with Gasteiger partial charge in [-0.2, -0.15) is 0 Å². The fourth-order valence-electron chi connectivity index (χ4n) is 7.44. The average Bonchev–Trinajstić information content (AvgIpc) is 3.33. The summed E-state index contributed by atoms with van der Waals surface area (Å²) in [6.07, 6.45) is 47.0. The normalized spacial score (nSPS) is 12.2. The monoisotopic (exact) mass is 948 g/mol. The highest BCUT2D eigenvalue weighted by Crippen LogP contribution is 2.14. The smallest absolute Gasteiger partial charge is 0.305 e. The summed E-state index contributed by atoms with van der Waals surface area (Å²) in [5, 5.41) is 9.46. The molecule has 1 N–H and O–H groups in total. The van der Waals surface area contributed by atoms with Crippen LogP contribution >= 0.6 is 0 Å². The largest absolute Gasteiger partial charge is 0.466 e. The average molecular weight is 948 g/mol. The predicted molar refractivity (Wildman–Crippen MR) is 279 cm³/mol. The van der Waals surface area contributed by atoms with E-state index in [0.717, 1.165) is 187 Å². The first-order valence-corrected chi connectivity index (χ1v) is 27.7. The summed E-state index contributed by atoms with van der Waals surface area (Å²) >= 11 is 0. The Morgan fingerprint density at radius 1 is 0.388 bits per heavy atom. The number of rotatable bonds is 53. The molecule has 0 aromatic carbocycles. The molecule has 0 aliphatic heterocycles. The molecule has 0 amide bonds. The van der Waals surface area contributed by atoms with E-state index in [4.69, 9.17) is 28.4 Å². The van der Waals surface area contributed by atoms with Crippen molar-refractivity contribution in [3.8, 4) is 0 Å². The molecule has 0 aliphatic rings. The zero-order chi connectivity index (χ0) is 48.8. The first-order chi connectivity index (χ1) is 33.0. The molecular formula is C57H105NO9. The van der Waals surface area contributed by atoms with Crippen molar-refractivity contribution in [3.63, 3.8) is 0 Å². The highest BCUT2D eigenvalue weighted by molar-refractivity contribution is 5.69. The zero-order valence-electron chi connectivity index (χ0n) is 43.9. The van der Waals surface area contributed by atoms with E-state index in [9.17, 15) is 14.7 Å². The minimum Gasteiger partial charge on any atom is -0.466 e. The van der Waals surface area contributed by atoms with Crippen molar-refractivity contribution in [1.29, 1.82) is 0 Å². The molecule has 0 spiro atoms. The maximum Gasteiger partial charge on any atom is 0.305 e. The van der Waals surface area contributed by atoms with Gasteiger partial charge >= 0.3 is 11.9 Å². The molecule has 0 saturated heterocycles. The lowest BCUT2D eigenvalue weighted by Crippen LogP contribution is -2.28. The van der Waals surface area contributed by atoms with E-state index in [-0.39, 0.29) is 31.1 Å². The summed E-state index contributed by atoms with van der Waals surface area (Å²) in [4.78, 5) is 27.5. The number of aliphatic hydroxyl groups excluding tert-OH is 1. The summed E-state index contributed by atoms with van der Waals surface area (Å²) in [6, 6.07) is 0. The first kappa shape index (κ1) is 64.7. The van der Waals surface area contributed by atoms with Gasteiger partial charge in [0.05, 0.1) is 19.6 Å². The number of esters is 2. The first-order valence-electron chi connectivity index (χ1n) is 27.7. The van der Waals surface area contributed by atoms with Crippen LogP contribution in [0.4, 0.5) is 0 Å². The summed E-state index contributed by atoms with van der Waals surface area (Å²) in [7, 11) is 0. The molecule has 0 aromatic rings. The summed E-state index contributed by atoms with van der Waals surface area (Å²) < 4.78 is 35.4. The Morgan fingerprint density at radius 2 is 0.731 bits per heavy atom. The lowest BCUT2D eigenvalue weighted by molar-refractivity contribution is -0.159. The fraction of sp³-hybridized carbons (Fsp3) is 0.825. The molecule has 10 heteroatoms. The number of unbranched alkanes of at least 4 members (excludes halogenated alkanes) is 15. The Morgan fingerprint density at radius 3 is 1.13 bits per heavy atom. The van der Waals surface area contributed by atoms with Crippen LogP contribution in [-0.4, -0.2) is 100 Å². The number of hydrogen-bond donors (Lipinski definition) is 1. The minimum absolute atomic E-state index is 0.134. The molecule has 0 aliphatic carbocycles. The standard InChI is InChI=1S/C57H105NO9/c1-5-9-13-17-24-34-50-64-56(65-51-35-25-18-14-10-6-2)41-38-40-54(60)62-48-33-29-23-31-45-58(46-39-47-59)44-30-22-21-28-32-49-63-55(61)42-43-57(66-52-36-26-19-15-11-7-3)67-53-37-27-20-16-12-8-4/h9-16,56-57,59H,5-8,17-53H2,1-4H3/b13-9-,14-10-,15-11-,16-12-. The van der Waals surface area contributed by atoms with Crippen LogP contribution in [0, 0.1) is 0 Å². The van der Waals surface area contributed by atoms with Crippen LogP contribution in [0.15, 0.2) is 48.6 Å². The Balaban J connectivity index is 4.25. The van der Waals surface area contributed by atoms with Gasteiger partial charge in [0, 0.05) is 52.4 Å². The molecule has 392 valence electrons. The molecule has 67 heavy (non-hydrogen) atoms. The van der Waals surface area contributed by atoms with Crippen LogP contribution in [0.1, 0.15) is 227 Å². The van der Waals surface area contributed by atoms with Crippen molar-refractivity contribution >= 4 is 11.9 Å². The lowest BCUT2D eigenvalue weighted by Gasteiger charge is -2.22. The van der Waals surface area contributed by atoms with Crippen LogP contribution in [0.5, 0.6) is 0 Å². The van der Waals surface area contributed by atoms with Crippen LogP contribution in [-0.2, 0) is 38.0 Å². The minimum atomic E-state index is -0.364. The van der Waals surface area contributed by atoms with Gasteiger partial charge in [0.15, 0.2) is 12.6 Å². The third-order valence-electron chi connectivity index (χ3n) is 11.4. The lowest BCUT2D eigenvalue weighted by atomic mass is 10.1. The van der Waals surface area contributed by atoms with Gasteiger partial charge < -0.3 is 38.4 Å². The molecule has 0 unspecified atom stereocenters. The molecule has 0 aromatic heterocycles. The van der Waals surface area contributed by atoms with Crippen molar-refractivity contribution in [3.05, 3.63) is 48.6 Å². The van der Waals surface area contributed by atoms with Gasteiger partial charge in [-0.15, -0.1) is 0 Å². The summed E-state index contributed by atoms with van der Waals surface area (Å²) in [5.74, 6) is -0.307. The molecular weight excluding hydrogens is 843 g/mol. The number of carbonyl (C=O) groups excluding carboxylic acids is 2. The molecule has 0 fully saturated rings. The third kappa shape index (κ3) is 49.9. The molecule has 0 saturated carbocycles. The van der Waals surface area contributed by atoms with E-state index in [1.54, 1.807) is 0 Å². The summed E-state index contributed by atoms with van der Waals surface area (Å²) in [6.45, 7) is 15.4. The Bertz CT molecular complexity index is 1110. The third-order valence-corrected chi connectivity index (χ3v) is 11.4. The van der Waals surface area contributed by atoms with Gasteiger partial charge in [0.25, 0.3) is 0 Å². The van der Waals surface area contributed by atoms with Crippen molar-refractivity contribution in [2.45, 2.75) is 239 Å². The molecule has 0 heterocycles. The van der Waals surface area contributed by atoms with E-state index >= 15 is 0 Å². The molecule has 0 radical (unpaired) electrons. The maximum absolute atomic E-state index is 12.5. The Kier molecular flexibility index (Phi) is 52.7. The SMILES string of the molecule is CC/C=C\CCCCOC(CCCC(=O)OCCCCCCN(CCCO)CCCCCCCOC(=O)CCC(OCCCC/C=C\CC)OCCCC/C=C\CC)OCCCC/C=C\CC. The number of hydrogen-bond acceptors (Lipinski definition) is 10. The zero-order valence-corrected chi connectivity index (χ0v) is 43.9. The number of allylic oxidation sites excluding steroid dienone is 8. The molecule has 0 bridgehead atoms. The number of carbonyl (C=O) groups is 2. The van der Waals surface area contributed by atoms with Crippen molar-refractivity contribution in [1.82, 2.24) is 4.90 Å².